The fourth-order valence-corrected chi connectivity index (χ4v) is 2.49. The van der Waals surface area contributed by atoms with Gasteiger partial charge in [-0.05, 0) is 38.7 Å². The SMILES string of the molecule is COc1ccc(-c2nc3ccncc3[nH]2)c(OCCCN(C)C)c1.Cl. The molecular weight excluding hydrogens is 340 g/mol. The molecule has 0 aliphatic carbocycles. The summed E-state index contributed by atoms with van der Waals surface area (Å²) in [6.07, 6.45) is 4.46. The molecule has 1 aromatic carbocycles. The van der Waals surface area contributed by atoms with E-state index in [2.05, 4.69) is 33.9 Å². The third-order valence-corrected chi connectivity index (χ3v) is 3.73. The second-order valence-electron chi connectivity index (χ2n) is 5.85. The van der Waals surface area contributed by atoms with Crippen molar-refractivity contribution in [1.29, 1.82) is 0 Å². The van der Waals surface area contributed by atoms with Crippen LogP contribution in [0.2, 0.25) is 0 Å². The number of hydrogen-bond acceptors (Lipinski definition) is 5. The Bertz CT molecular complexity index is 787. The summed E-state index contributed by atoms with van der Waals surface area (Å²) in [5.41, 5.74) is 2.70. The van der Waals surface area contributed by atoms with E-state index in [0.29, 0.717) is 6.61 Å². The van der Waals surface area contributed by atoms with Crippen LogP contribution in [0.4, 0.5) is 0 Å². The molecule has 0 bridgehead atoms. The minimum absolute atomic E-state index is 0. The minimum Gasteiger partial charge on any atom is -0.497 e. The lowest BCUT2D eigenvalue weighted by Gasteiger charge is -2.13. The van der Waals surface area contributed by atoms with Crippen LogP contribution >= 0.6 is 12.4 Å². The Kier molecular flexibility index (Phi) is 6.61. The lowest BCUT2D eigenvalue weighted by Crippen LogP contribution is -2.15. The number of aromatic nitrogens is 3. The number of nitrogens with one attached hydrogen (secondary N) is 1. The molecule has 1 N–H and O–H groups in total. The predicted molar refractivity (Wildman–Crippen MR) is 102 cm³/mol. The maximum atomic E-state index is 6.00. The number of pyridine rings is 1. The molecular formula is C18H23ClN4O2. The first kappa shape index (κ1) is 19.0. The number of ether oxygens (including phenoxy) is 2. The molecule has 0 atom stereocenters. The van der Waals surface area contributed by atoms with Gasteiger partial charge in [-0.15, -0.1) is 12.4 Å². The smallest absolute Gasteiger partial charge is 0.142 e. The Morgan fingerprint density at radius 3 is 2.76 bits per heavy atom. The van der Waals surface area contributed by atoms with Gasteiger partial charge < -0.3 is 19.4 Å². The van der Waals surface area contributed by atoms with Crippen molar-refractivity contribution < 1.29 is 9.47 Å². The fourth-order valence-electron chi connectivity index (χ4n) is 2.49. The first-order chi connectivity index (χ1) is 11.7. The molecule has 0 aliphatic rings. The van der Waals surface area contributed by atoms with Gasteiger partial charge in [0.15, 0.2) is 0 Å². The van der Waals surface area contributed by atoms with E-state index in [4.69, 9.17) is 9.47 Å². The highest BCUT2D eigenvalue weighted by Crippen LogP contribution is 2.33. The number of rotatable bonds is 7. The molecule has 2 heterocycles. The topological polar surface area (TPSA) is 63.3 Å². The highest BCUT2D eigenvalue weighted by Gasteiger charge is 2.12. The standard InChI is InChI=1S/C18H22N4O2.ClH/c1-22(2)9-4-10-24-17-11-13(23-3)5-6-14(17)18-20-15-7-8-19-12-16(15)21-18;/h5-8,11-12H,4,9-10H2,1-3H3,(H,20,21);1H. The van der Waals surface area contributed by atoms with Crippen molar-refractivity contribution in [2.75, 3.05) is 34.4 Å². The Hall–Kier alpha value is -2.31. The van der Waals surface area contributed by atoms with Crippen molar-refractivity contribution in [3.63, 3.8) is 0 Å². The van der Waals surface area contributed by atoms with Gasteiger partial charge in [0.1, 0.15) is 17.3 Å². The summed E-state index contributed by atoms with van der Waals surface area (Å²) in [6.45, 7) is 1.62. The molecule has 3 aromatic rings. The number of methoxy groups -OCH3 is 1. The average Bonchev–Trinajstić information content (AvgIpc) is 3.02. The zero-order chi connectivity index (χ0) is 16.9. The maximum Gasteiger partial charge on any atom is 0.142 e. The first-order valence-corrected chi connectivity index (χ1v) is 7.93. The predicted octanol–water partition coefficient (Wildman–Crippen LogP) is 3.39. The maximum absolute atomic E-state index is 6.00. The van der Waals surface area contributed by atoms with Crippen LogP contribution in [0.3, 0.4) is 0 Å². The lowest BCUT2D eigenvalue weighted by atomic mass is 10.2. The number of imidazole rings is 1. The van der Waals surface area contributed by atoms with Gasteiger partial charge in [-0.1, -0.05) is 0 Å². The summed E-state index contributed by atoms with van der Waals surface area (Å²) >= 11 is 0. The van der Waals surface area contributed by atoms with Gasteiger partial charge in [0.05, 0.1) is 36.5 Å². The van der Waals surface area contributed by atoms with E-state index < -0.39 is 0 Å². The molecule has 0 aliphatic heterocycles. The Balaban J connectivity index is 0.00000225. The minimum atomic E-state index is 0. The third kappa shape index (κ3) is 4.61. The molecule has 25 heavy (non-hydrogen) atoms. The molecule has 3 rings (SSSR count). The monoisotopic (exact) mass is 362 g/mol. The van der Waals surface area contributed by atoms with Crippen LogP contribution in [0.25, 0.3) is 22.4 Å². The largest absolute Gasteiger partial charge is 0.497 e. The van der Waals surface area contributed by atoms with Crippen molar-refractivity contribution in [2.45, 2.75) is 6.42 Å². The Morgan fingerprint density at radius 2 is 2.04 bits per heavy atom. The van der Waals surface area contributed by atoms with Crippen molar-refractivity contribution in [3.05, 3.63) is 36.7 Å². The first-order valence-electron chi connectivity index (χ1n) is 7.93. The van der Waals surface area contributed by atoms with Crippen molar-refractivity contribution in [1.82, 2.24) is 19.9 Å². The van der Waals surface area contributed by atoms with Gasteiger partial charge in [0.2, 0.25) is 0 Å². The number of aromatic amines is 1. The molecule has 0 amide bonds. The number of nitrogens with zero attached hydrogens (tertiary/aromatic N) is 3. The molecule has 7 heteroatoms. The van der Waals surface area contributed by atoms with Crippen LogP contribution in [0.5, 0.6) is 11.5 Å². The average molecular weight is 363 g/mol. The number of benzene rings is 1. The van der Waals surface area contributed by atoms with Crippen molar-refractivity contribution in [3.8, 4) is 22.9 Å². The molecule has 0 fully saturated rings. The number of hydrogen-bond donors (Lipinski definition) is 1. The van der Waals surface area contributed by atoms with Gasteiger partial charge in [-0.25, -0.2) is 4.98 Å². The molecule has 2 aromatic heterocycles. The summed E-state index contributed by atoms with van der Waals surface area (Å²) in [6, 6.07) is 7.66. The number of H-pyrrole nitrogens is 1. The summed E-state index contributed by atoms with van der Waals surface area (Å²) in [5.74, 6) is 2.29. The second-order valence-corrected chi connectivity index (χ2v) is 5.85. The van der Waals surface area contributed by atoms with E-state index in [9.17, 15) is 0 Å². The van der Waals surface area contributed by atoms with E-state index in [1.807, 2.05) is 24.3 Å². The molecule has 6 nitrogen and oxygen atoms in total. The van der Waals surface area contributed by atoms with Crippen LogP contribution in [0, 0.1) is 0 Å². The van der Waals surface area contributed by atoms with E-state index >= 15 is 0 Å². The van der Waals surface area contributed by atoms with Crippen LogP contribution in [-0.4, -0.2) is 54.2 Å². The van der Waals surface area contributed by atoms with Gasteiger partial charge >= 0.3 is 0 Å². The third-order valence-electron chi connectivity index (χ3n) is 3.73. The van der Waals surface area contributed by atoms with Gasteiger partial charge in [-0.2, -0.15) is 0 Å². The van der Waals surface area contributed by atoms with E-state index in [-0.39, 0.29) is 12.4 Å². The van der Waals surface area contributed by atoms with Crippen LogP contribution in [0.1, 0.15) is 6.42 Å². The van der Waals surface area contributed by atoms with Crippen LogP contribution in [-0.2, 0) is 0 Å². The number of halogens is 1. The second kappa shape index (κ2) is 8.69. The molecule has 0 saturated heterocycles. The highest BCUT2D eigenvalue weighted by molar-refractivity contribution is 5.85. The van der Waals surface area contributed by atoms with E-state index in [1.165, 1.54) is 0 Å². The molecule has 0 spiro atoms. The summed E-state index contributed by atoms with van der Waals surface area (Å²) < 4.78 is 11.3. The van der Waals surface area contributed by atoms with Crippen molar-refractivity contribution >= 4 is 23.4 Å². The molecule has 0 radical (unpaired) electrons. The Labute approximate surface area is 153 Å². The molecule has 0 saturated carbocycles. The normalized spacial score (nSPS) is 10.7. The molecule has 134 valence electrons. The van der Waals surface area contributed by atoms with Gasteiger partial charge in [0.25, 0.3) is 0 Å². The van der Waals surface area contributed by atoms with Crippen LogP contribution < -0.4 is 9.47 Å². The fraction of sp³-hybridized carbons (Fsp3) is 0.333. The van der Waals surface area contributed by atoms with Gasteiger partial charge in [0, 0.05) is 18.8 Å². The zero-order valence-electron chi connectivity index (χ0n) is 14.7. The lowest BCUT2D eigenvalue weighted by molar-refractivity contribution is 0.281. The van der Waals surface area contributed by atoms with E-state index in [1.54, 1.807) is 19.5 Å². The highest BCUT2D eigenvalue weighted by atomic mass is 35.5. The van der Waals surface area contributed by atoms with Gasteiger partial charge in [-0.3, -0.25) is 4.98 Å². The summed E-state index contributed by atoms with van der Waals surface area (Å²) in [5, 5.41) is 0. The van der Waals surface area contributed by atoms with Crippen LogP contribution in [0.15, 0.2) is 36.7 Å². The summed E-state index contributed by atoms with van der Waals surface area (Å²) in [7, 11) is 5.76. The summed E-state index contributed by atoms with van der Waals surface area (Å²) in [4.78, 5) is 14.2. The number of fused-ring (bicyclic) bond motifs is 1. The van der Waals surface area contributed by atoms with E-state index in [0.717, 1.165) is 46.9 Å². The zero-order valence-corrected chi connectivity index (χ0v) is 15.5. The van der Waals surface area contributed by atoms with Crippen molar-refractivity contribution in [2.24, 2.45) is 0 Å². The molecule has 0 unspecified atom stereocenters. The Morgan fingerprint density at radius 1 is 1.20 bits per heavy atom. The quantitative estimate of drug-likeness (QED) is 0.653.